The van der Waals surface area contributed by atoms with Crippen molar-refractivity contribution in [2.24, 2.45) is 4.99 Å². The van der Waals surface area contributed by atoms with Crippen LogP contribution < -0.4 is 0 Å². The molecular weight excluding hydrogens is 518 g/mol. The van der Waals surface area contributed by atoms with Gasteiger partial charge in [-0.3, -0.25) is 0 Å². The Morgan fingerprint density at radius 3 is 2.22 bits per heavy atom. The van der Waals surface area contributed by atoms with Crippen LogP contribution in [0.15, 0.2) is 83.9 Å². The van der Waals surface area contributed by atoms with E-state index < -0.39 is 11.7 Å². The maximum atomic E-state index is 12.8. The van der Waals surface area contributed by atoms with Crippen LogP contribution in [0.4, 0.5) is 15.3 Å². The minimum absolute atomic E-state index is 0.176. The topological polar surface area (TPSA) is 93.4 Å². The van der Waals surface area contributed by atoms with Gasteiger partial charge in [-0.1, -0.05) is 67.6 Å². The summed E-state index contributed by atoms with van der Waals surface area (Å²) in [7, 11) is 0. The van der Waals surface area contributed by atoms with Crippen LogP contribution in [0.25, 0.3) is 10.9 Å². The molecule has 1 N–H and O–H groups in total. The van der Waals surface area contributed by atoms with E-state index in [2.05, 4.69) is 0 Å². The number of aromatic hydroxyl groups is 1. The van der Waals surface area contributed by atoms with Gasteiger partial charge in [0, 0.05) is 24.0 Å². The summed E-state index contributed by atoms with van der Waals surface area (Å²) in [4.78, 5) is 32.2. The fraction of sp³-hybridized carbons (Fsp3) is 0.303. The zero-order valence-corrected chi connectivity index (χ0v) is 24.3. The molecule has 214 valence electrons. The molecule has 0 aliphatic heterocycles. The Balaban J connectivity index is 1.75. The van der Waals surface area contributed by atoms with Gasteiger partial charge in [-0.15, -0.1) is 0 Å². The largest absolute Gasteiger partial charge is 0.494 e. The van der Waals surface area contributed by atoms with Crippen molar-refractivity contribution in [3.8, 4) is 5.88 Å². The minimum Gasteiger partial charge on any atom is -0.494 e. The number of para-hydroxylation sites is 1. The molecule has 0 saturated heterocycles. The highest BCUT2D eigenvalue weighted by Gasteiger charge is 2.26. The number of hydrogen-bond donors (Lipinski definition) is 1. The van der Waals surface area contributed by atoms with Crippen LogP contribution >= 0.6 is 0 Å². The highest BCUT2D eigenvalue weighted by atomic mass is 16.6. The van der Waals surface area contributed by atoms with Crippen LogP contribution in [0.2, 0.25) is 0 Å². The Labute approximate surface area is 240 Å². The molecule has 0 bridgehead atoms. The number of aliphatic imine (C=N–C) groups is 1. The normalized spacial score (nSPS) is 11.9. The first-order chi connectivity index (χ1) is 19.6. The van der Waals surface area contributed by atoms with Gasteiger partial charge in [-0.25, -0.2) is 19.1 Å². The number of benzene rings is 3. The number of fused-ring (bicyclic) bond motifs is 1. The fourth-order valence-corrected chi connectivity index (χ4v) is 4.55. The highest BCUT2D eigenvalue weighted by molar-refractivity contribution is 6.23. The Hall–Kier alpha value is -4.59. The lowest BCUT2D eigenvalue weighted by Gasteiger charge is -2.27. The average Bonchev–Trinajstić information content (AvgIpc) is 3.23. The van der Waals surface area contributed by atoms with Crippen LogP contribution in [0.1, 0.15) is 57.7 Å². The van der Waals surface area contributed by atoms with E-state index in [0.29, 0.717) is 41.0 Å². The van der Waals surface area contributed by atoms with Crippen LogP contribution in [0.3, 0.4) is 0 Å². The monoisotopic (exact) mass is 555 g/mol. The Morgan fingerprint density at radius 1 is 0.927 bits per heavy atom. The van der Waals surface area contributed by atoms with Gasteiger partial charge in [0.15, 0.2) is 0 Å². The van der Waals surface area contributed by atoms with Crippen molar-refractivity contribution >= 4 is 34.5 Å². The number of ether oxygens (including phenoxy) is 2. The lowest BCUT2D eigenvalue weighted by molar-refractivity contribution is 0.0233. The zero-order valence-electron chi connectivity index (χ0n) is 24.3. The van der Waals surface area contributed by atoms with Gasteiger partial charge in [0.2, 0.25) is 5.88 Å². The summed E-state index contributed by atoms with van der Waals surface area (Å²) in [6.07, 6.45) is -0.197. The van der Waals surface area contributed by atoms with E-state index in [1.807, 2.05) is 94.4 Å². The third kappa shape index (κ3) is 6.95. The van der Waals surface area contributed by atoms with Crippen LogP contribution in [0, 0.1) is 0 Å². The van der Waals surface area contributed by atoms with Crippen LogP contribution in [-0.2, 0) is 16.0 Å². The SMILES string of the molecule is CCCN(Cc1ccc(N=C(c2ccccc2)c2c(O)n(C(=O)OCC)c3ccccc23)cc1)C(=O)OC(C)(C)C. The second-order valence-electron chi connectivity index (χ2n) is 10.6. The molecule has 1 heterocycles. The lowest BCUT2D eigenvalue weighted by Crippen LogP contribution is -2.36. The number of amides is 1. The Morgan fingerprint density at radius 2 is 1.59 bits per heavy atom. The van der Waals surface area contributed by atoms with Crippen molar-refractivity contribution in [2.75, 3.05) is 13.2 Å². The number of carbonyl (C=O) groups is 2. The molecule has 0 aliphatic carbocycles. The van der Waals surface area contributed by atoms with Crippen molar-refractivity contribution in [1.29, 1.82) is 0 Å². The molecule has 0 unspecified atom stereocenters. The fourth-order valence-electron chi connectivity index (χ4n) is 4.55. The molecule has 4 aromatic rings. The van der Waals surface area contributed by atoms with Gasteiger partial charge in [-0.05, 0) is 57.9 Å². The van der Waals surface area contributed by atoms with Crippen molar-refractivity contribution in [3.63, 3.8) is 0 Å². The summed E-state index contributed by atoms with van der Waals surface area (Å²) in [5, 5.41) is 12.0. The van der Waals surface area contributed by atoms with Gasteiger partial charge in [-0.2, -0.15) is 0 Å². The van der Waals surface area contributed by atoms with E-state index in [1.54, 1.807) is 24.0 Å². The van der Waals surface area contributed by atoms with E-state index in [4.69, 9.17) is 14.5 Å². The van der Waals surface area contributed by atoms with Crippen molar-refractivity contribution in [3.05, 3.63) is 95.6 Å². The Kier molecular flexibility index (Phi) is 9.12. The van der Waals surface area contributed by atoms with Gasteiger partial charge in [0.1, 0.15) is 5.60 Å². The van der Waals surface area contributed by atoms with Crippen molar-refractivity contribution < 1.29 is 24.2 Å². The summed E-state index contributed by atoms with van der Waals surface area (Å²) < 4.78 is 12.0. The molecule has 41 heavy (non-hydrogen) atoms. The molecule has 0 fully saturated rings. The molecule has 0 radical (unpaired) electrons. The summed E-state index contributed by atoms with van der Waals surface area (Å²) in [5.74, 6) is -0.239. The maximum absolute atomic E-state index is 12.8. The molecule has 3 aromatic carbocycles. The lowest BCUT2D eigenvalue weighted by atomic mass is 10.0. The van der Waals surface area contributed by atoms with E-state index in [0.717, 1.165) is 17.5 Å². The maximum Gasteiger partial charge on any atom is 0.421 e. The molecule has 8 nitrogen and oxygen atoms in total. The van der Waals surface area contributed by atoms with E-state index >= 15 is 0 Å². The summed E-state index contributed by atoms with van der Waals surface area (Å²) in [6.45, 7) is 10.5. The zero-order chi connectivity index (χ0) is 29.6. The molecule has 1 amide bonds. The molecule has 1 aromatic heterocycles. The average molecular weight is 556 g/mol. The van der Waals surface area contributed by atoms with Crippen molar-refractivity contribution in [1.82, 2.24) is 9.47 Å². The summed E-state index contributed by atoms with van der Waals surface area (Å²) >= 11 is 0. The predicted octanol–water partition coefficient (Wildman–Crippen LogP) is 7.67. The molecule has 0 saturated carbocycles. The molecule has 0 spiro atoms. The third-order valence-corrected chi connectivity index (χ3v) is 6.28. The number of hydrogen-bond acceptors (Lipinski definition) is 6. The second kappa shape index (κ2) is 12.7. The van der Waals surface area contributed by atoms with Crippen molar-refractivity contribution in [2.45, 2.75) is 53.2 Å². The third-order valence-electron chi connectivity index (χ3n) is 6.28. The quantitative estimate of drug-likeness (QED) is 0.225. The van der Waals surface area contributed by atoms with Gasteiger partial charge in [0.05, 0.1) is 29.1 Å². The van der Waals surface area contributed by atoms with Crippen LogP contribution in [-0.4, -0.2) is 51.2 Å². The molecule has 8 heteroatoms. The van der Waals surface area contributed by atoms with Gasteiger partial charge >= 0.3 is 12.2 Å². The first kappa shape index (κ1) is 29.4. The minimum atomic E-state index is -0.661. The van der Waals surface area contributed by atoms with E-state index in [1.165, 1.54) is 4.57 Å². The predicted molar refractivity (Wildman–Crippen MR) is 161 cm³/mol. The van der Waals surface area contributed by atoms with Gasteiger partial charge in [0.25, 0.3) is 0 Å². The summed E-state index contributed by atoms with van der Waals surface area (Å²) in [6, 6.07) is 24.4. The smallest absolute Gasteiger partial charge is 0.421 e. The highest BCUT2D eigenvalue weighted by Crippen LogP contribution is 2.35. The molecular formula is C33H37N3O5. The van der Waals surface area contributed by atoms with E-state index in [-0.39, 0.29) is 18.6 Å². The first-order valence-electron chi connectivity index (χ1n) is 13.8. The van der Waals surface area contributed by atoms with E-state index in [9.17, 15) is 14.7 Å². The summed E-state index contributed by atoms with van der Waals surface area (Å²) in [5.41, 5.74) is 3.26. The number of carbonyl (C=O) groups excluding carboxylic acids is 2. The number of nitrogens with zero attached hydrogens (tertiary/aromatic N) is 3. The van der Waals surface area contributed by atoms with Gasteiger partial charge < -0.3 is 19.5 Å². The molecule has 0 atom stereocenters. The van der Waals surface area contributed by atoms with Crippen LogP contribution in [0.5, 0.6) is 5.88 Å². The first-order valence-corrected chi connectivity index (χ1v) is 13.8. The molecule has 0 aliphatic rings. The second-order valence-corrected chi connectivity index (χ2v) is 10.6. The number of aromatic nitrogens is 1. The molecule has 4 rings (SSSR count). The number of rotatable bonds is 8. The standard InChI is InChI=1S/C33H37N3O5/c1-6-21-35(31(38)41-33(3,4)5)22-23-17-19-25(20-18-23)34-29(24-13-9-8-10-14-24)28-26-15-11-12-16-27(26)36(30(28)37)32(39)40-7-2/h8-20,37H,6-7,21-22H2,1-5H3. The Bertz CT molecular complexity index is 1530.